The van der Waals surface area contributed by atoms with Crippen molar-refractivity contribution < 1.29 is 17.9 Å². The van der Waals surface area contributed by atoms with Gasteiger partial charge in [0.25, 0.3) is 10.0 Å². The Labute approximate surface area is 184 Å². The highest BCUT2D eigenvalue weighted by molar-refractivity contribution is 7.91. The Hall–Kier alpha value is -2.13. The zero-order chi connectivity index (χ0) is 21.3. The predicted octanol–water partition coefficient (Wildman–Crippen LogP) is 4.60. The zero-order valence-corrected chi connectivity index (χ0v) is 18.7. The van der Waals surface area contributed by atoms with E-state index in [-0.39, 0.29) is 16.0 Å². The van der Waals surface area contributed by atoms with Crippen molar-refractivity contribution in [1.29, 1.82) is 0 Å². The van der Waals surface area contributed by atoms with E-state index in [0.717, 1.165) is 33.5 Å². The number of ether oxygens (including phenoxy) is 1. The van der Waals surface area contributed by atoms with Crippen molar-refractivity contribution in [2.45, 2.75) is 17.1 Å². The van der Waals surface area contributed by atoms with Crippen LogP contribution in [-0.4, -0.2) is 38.8 Å². The predicted molar refractivity (Wildman–Crippen MR) is 120 cm³/mol. The summed E-state index contributed by atoms with van der Waals surface area (Å²) in [5.41, 5.74) is 0.722. The molecule has 0 unspecified atom stereocenters. The van der Waals surface area contributed by atoms with Gasteiger partial charge in [0.2, 0.25) is 5.91 Å². The van der Waals surface area contributed by atoms with Gasteiger partial charge < -0.3 is 10.1 Å². The van der Waals surface area contributed by atoms with E-state index in [1.807, 2.05) is 36.4 Å². The molecule has 0 atom stereocenters. The lowest BCUT2D eigenvalue weighted by Gasteiger charge is -2.30. The topological polar surface area (TPSA) is 75.7 Å². The average molecular weight is 465 g/mol. The number of nitrogens with zero attached hydrogens (tertiary/aromatic N) is 1. The number of piperidine rings is 1. The number of fused-ring (bicyclic) bond motifs is 1. The fourth-order valence-electron chi connectivity index (χ4n) is 3.72. The van der Waals surface area contributed by atoms with Gasteiger partial charge in [0.15, 0.2) is 0 Å². The Bertz CT molecular complexity index is 1180. The molecule has 1 N–H and O–H groups in total. The summed E-state index contributed by atoms with van der Waals surface area (Å²) in [4.78, 5) is 12.9. The van der Waals surface area contributed by atoms with Crippen LogP contribution in [0.3, 0.4) is 0 Å². The summed E-state index contributed by atoms with van der Waals surface area (Å²) in [6.07, 6.45) is 0.941. The van der Waals surface area contributed by atoms with Gasteiger partial charge in [-0.15, -0.1) is 11.3 Å². The van der Waals surface area contributed by atoms with Crippen LogP contribution in [0.25, 0.3) is 10.8 Å². The number of halogens is 1. The normalized spacial score (nSPS) is 15.9. The maximum atomic E-state index is 12.9. The molecule has 0 bridgehead atoms. The molecule has 2 aromatic carbocycles. The van der Waals surface area contributed by atoms with Crippen molar-refractivity contribution in [3.8, 4) is 5.75 Å². The molecule has 3 aromatic rings. The number of carbonyl (C=O) groups is 1. The third kappa shape index (κ3) is 4.05. The zero-order valence-electron chi connectivity index (χ0n) is 16.3. The first-order valence-corrected chi connectivity index (χ1v) is 12.2. The maximum absolute atomic E-state index is 12.9. The molecular formula is C21H21ClN2O4S2. The van der Waals surface area contributed by atoms with E-state index in [0.29, 0.717) is 30.3 Å². The minimum absolute atomic E-state index is 0.0958. The Balaban J connectivity index is 1.45. The molecule has 2 heterocycles. The molecule has 1 amide bonds. The Morgan fingerprint density at radius 1 is 1.10 bits per heavy atom. The van der Waals surface area contributed by atoms with Crippen LogP contribution in [0.1, 0.15) is 12.8 Å². The van der Waals surface area contributed by atoms with Crippen LogP contribution in [0.15, 0.2) is 52.7 Å². The number of thiophene rings is 1. The molecule has 1 aromatic heterocycles. The molecule has 1 saturated heterocycles. The molecule has 1 fully saturated rings. The van der Waals surface area contributed by atoms with Gasteiger partial charge >= 0.3 is 0 Å². The second kappa shape index (κ2) is 8.55. The number of sulfonamides is 1. The second-order valence-electron chi connectivity index (χ2n) is 7.09. The SMILES string of the molecule is COc1ccc(NC(=O)C2CCN(S(=O)(=O)c3ccc(Cl)s3)CC2)c2ccccc12. The highest BCUT2D eigenvalue weighted by Crippen LogP contribution is 2.33. The third-order valence-electron chi connectivity index (χ3n) is 5.33. The molecule has 0 saturated carbocycles. The molecule has 6 nitrogen and oxygen atoms in total. The molecule has 0 radical (unpaired) electrons. The molecule has 0 aliphatic carbocycles. The van der Waals surface area contributed by atoms with Gasteiger partial charge in [0.05, 0.1) is 11.4 Å². The van der Waals surface area contributed by atoms with Crippen LogP contribution in [0.2, 0.25) is 4.34 Å². The number of amides is 1. The van der Waals surface area contributed by atoms with Gasteiger partial charge in [-0.25, -0.2) is 8.42 Å². The first kappa shape index (κ1) is 21.1. The fraction of sp³-hybridized carbons (Fsp3) is 0.286. The third-order valence-corrected chi connectivity index (χ3v) is 8.93. The van der Waals surface area contributed by atoms with E-state index in [2.05, 4.69) is 5.32 Å². The quantitative estimate of drug-likeness (QED) is 0.598. The number of hydrogen-bond donors (Lipinski definition) is 1. The Morgan fingerprint density at radius 3 is 2.43 bits per heavy atom. The number of rotatable bonds is 5. The van der Waals surface area contributed by atoms with Gasteiger partial charge in [-0.05, 0) is 37.1 Å². The smallest absolute Gasteiger partial charge is 0.252 e. The van der Waals surface area contributed by atoms with Crippen LogP contribution < -0.4 is 10.1 Å². The Kier molecular flexibility index (Phi) is 6.02. The van der Waals surface area contributed by atoms with Gasteiger partial charge in [0.1, 0.15) is 9.96 Å². The van der Waals surface area contributed by atoms with Crippen molar-refractivity contribution in [3.63, 3.8) is 0 Å². The van der Waals surface area contributed by atoms with E-state index in [9.17, 15) is 13.2 Å². The number of benzene rings is 2. The number of anilines is 1. The van der Waals surface area contributed by atoms with Crippen LogP contribution >= 0.6 is 22.9 Å². The number of hydrogen-bond acceptors (Lipinski definition) is 5. The largest absolute Gasteiger partial charge is 0.496 e. The molecule has 0 spiro atoms. The summed E-state index contributed by atoms with van der Waals surface area (Å²) >= 11 is 6.93. The van der Waals surface area contributed by atoms with Crippen LogP contribution in [0.5, 0.6) is 5.75 Å². The fourth-order valence-corrected chi connectivity index (χ4v) is 6.82. The first-order valence-electron chi connectivity index (χ1n) is 9.52. The lowest BCUT2D eigenvalue weighted by Crippen LogP contribution is -2.41. The van der Waals surface area contributed by atoms with Crippen LogP contribution in [0, 0.1) is 5.92 Å². The molecule has 1 aliphatic heterocycles. The number of nitrogens with one attached hydrogen (secondary N) is 1. The van der Waals surface area contributed by atoms with Gasteiger partial charge in [0, 0.05) is 35.5 Å². The lowest BCUT2D eigenvalue weighted by atomic mass is 9.97. The highest BCUT2D eigenvalue weighted by atomic mass is 35.5. The van der Waals surface area contributed by atoms with Gasteiger partial charge in [-0.1, -0.05) is 35.9 Å². The summed E-state index contributed by atoms with van der Waals surface area (Å²) in [6, 6.07) is 14.5. The number of methoxy groups -OCH3 is 1. The van der Waals surface area contributed by atoms with E-state index in [1.165, 1.54) is 10.4 Å². The summed E-state index contributed by atoms with van der Waals surface area (Å²) in [5.74, 6) is 0.404. The summed E-state index contributed by atoms with van der Waals surface area (Å²) < 4.78 is 33.0. The van der Waals surface area contributed by atoms with Crippen molar-refractivity contribution in [1.82, 2.24) is 4.31 Å². The van der Waals surface area contributed by atoms with Gasteiger partial charge in [-0.2, -0.15) is 4.31 Å². The van der Waals surface area contributed by atoms with Crippen LogP contribution in [-0.2, 0) is 14.8 Å². The van der Waals surface area contributed by atoms with Crippen molar-refractivity contribution in [2.24, 2.45) is 5.92 Å². The summed E-state index contributed by atoms with van der Waals surface area (Å²) in [5, 5.41) is 4.84. The van der Waals surface area contributed by atoms with E-state index >= 15 is 0 Å². The standard InChI is InChI=1S/C21H21ClN2O4S2/c1-28-18-7-6-17(15-4-2-3-5-16(15)18)23-21(25)14-10-12-24(13-11-14)30(26,27)20-9-8-19(22)29-20/h2-9,14H,10-13H2,1H3,(H,23,25). The van der Waals surface area contributed by atoms with Crippen molar-refractivity contribution >= 4 is 55.3 Å². The average Bonchev–Trinajstić information content (AvgIpc) is 3.21. The lowest BCUT2D eigenvalue weighted by molar-refractivity contribution is -0.120. The van der Waals surface area contributed by atoms with E-state index in [4.69, 9.17) is 16.3 Å². The van der Waals surface area contributed by atoms with E-state index < -0.39 is 10.0 Å². The molecule has 1 aliphatic rings. The highest BCUT2D eigenvalue weighted by Gasteiger charge is 2.33. The monoisotopic (exact) mass is 464 g/mol. The number of carbonyl (C=O) groups excluding carboxylic acids is 1. The molecule has 30 heavy (non-hydrogen) atoms. The Morgan fingerprint density at radius 2 is 1.80 bits per heavy atom. The first-order chi connectivity index (χ1) is 14.4. The molecule has 4 rings (SSSR count). The second-order valence-corrected chi connectivity index (χ2v) is 11.0. The van der Waals surface area contributed by atoms with Crippen LogP contribution in [0.4, 0.5) is 5.69 Å². The van der Waals surface area contributed by atoms with E-state index in [1.54, 1.807) is 13.2 Å². The minimum Gasteiger partial charge on any atom is -0.496 e. The van der Waals surface area contributed by atoms with Crippen molar-refractivity contribution in [2.75, 3.05) is 25.5 Å². The minimum atomic E-state index is -3.56. The summed E-state index contributed by atoms with van der Waals surface area (Å²) in [7, 11) is -1.95. The molecular weight excluding hydrogens is 444 g/mol. The van der Waals surface area contributed by atoms with Gasteiger partial charge in [-0.3, -0.25) is 4.79 Å². The molecule has 9 heteroatoms. The molecule has 158 valence electrons. The summed E-state index contributed by atoms with van der Waals surface area (Å²) in [6.45, 7) is 0.610. The maximum Gasteiger partial charge on any atom is 0.252 e. The van der Waals surface area contributed by atoms with Crippen molar-refractivity contribution in [3.05, 3.63) is 52.9 Å².